The minimum atomic E-state index is -0.879. The van der Waals surface area contributed by atoms with Gasteiger partial charge in [-0.2, -0.15) is 5.10 Å². The van der Waals surface area contributed by atoms with Crippen molar-refractivity contribution >= 4 is 17.9 Å². The predicted molar refractivity (Wildman–Crippen MR) is 106 cm³/mol. The van der Waals surface area contributed by atoms with Gasteiger partial charge in [-0.3, -0.25) is 19.5 Å². The van der Waals surface area contributed by atoms with Gasteiger partial charge < -0.3 is 15.2 Å². The number of aliphatic hydroxyl groups is 1. The number of aliphatic hydroxyl groups excluding tert-OH is 1. The summed E-state index contributed by atoms with van der Waals surface area (Å²) in [5.74, 6) is -0.596. The zero-order valence-corrected chi connectivity index (χ0v) is 17.5. The summed E-state index contributed by atoms with van der Waals surface area (Å²) in [6.45, 7) is 10.0. The molecule has 1 fully saturated rings. The fourth-order valence-corrected chi connectivity index (χ4v) is 3.12. The molecule has 0 radical (unpaired) electrons. The fourth-order valence-electron chi connectivity index (χ4n) is 3.12. The van der Waals surface area contributed by atoms with Crippen molar-refractivity contribution < 1.29 is 19.4 Å². The van der Waals surface area contributed by atoms with Crippen molar-refractivity contribution in [1.29, 1.82) is 0 Å². The Morgan fingerprint density at radius 3 is 2.33 bits per heavy atom. The number of hydrogen-bond acceptors (Lipinski definition) is 7. The number of morpholine rings is 1. The molecule has 0 aromatic heterocycles. The summed E-state index contributed by atoms with van der Waals surface area (Å²) in [7, 11) is 3.50. The molecule has 0 saturated carbocycles. The van der Waals surface area contributed by atoms with Crippen LogP contribution in [0.4, 0.5) is 0 Å². The number of amides is 1. The van der Waals surface area contributed by atoms with Crippen LogP contribution >= 0.6 is 0 Å². The third kappa shape index (κ3) is 7.56. The van der Waals surface area contributed by atoms with Crippen LogP contribution in [0.15, 0.2) is 5.10 Å². The standard InChI is InChI=1S/C19H36N4O4/c1-13(2)16(15(4)24)21-19(26)17(22(5)6)18(25)14(3)7-8-20-23-9-11-27-12-10-23/h8,13-14,16-18,25H,7,9-12H2,1-6H3,(H,21,26)/b20-8+/t14-,16-,17-,18-/m1/s1. The number of carbonyl (C=O) groups is 2. The Balaban J connectivity index is 2.69. The average Bonchev–Trinajstić information content (AvgIpc) is 2.59. The van der Waals surface area contributed by atoms with Crippen molar-refractivity contribution in [2.24, 2.45) is 16.9 Å². The van der Waals surface area contributed by atoms with E-state index < -0.39 is 18.2 Å². The molecule has 0 aromatic carbocycles. The average molecular weight is 385 g/mol. The first-order chi connectivity index (χ1) is 12.6. The van der Waals surface area contributed by atoms with E-state index in [9.17, 15) is 14.7 Å². The van der Waals surface area contributed by atoms with E-state index in [1.165, 1.54) is 6.92 Å². The van der Waals surface area contributed by atoms with Gasteiger partial charge in [-0.15, -0.1) is 0 Å². The van der Waals surface area contributed by atoms with E-state index >= 15 is 0 Å². The van der Waals surface area contributed by atoms with Crippen LogP contribution in [0, 0.1) is 11.8 Å². The van der Waals surface area contributed by atoms with Crippen LogP contribution < -0.4 is 5.32 Å². The lowest BCUT2D eigenvalue weighted by Crippen LogP contribution is -2.56. The van der Waals surface area contributed by atoms with Gasteiger partial charge >= 0.3 is 0 Å². The van der Waals surface area contributed by atoms with Crippen LogP contribution in [0.2, 0.25) is 0 Å². The Bertz CT molecular complexity index is 504. The molecule has 1 heterocycles. The van der Waals surface area contributed by atoms with Gasteiger partial charge in [-0.05, 0) is 39.3 Å². The van der Waals surface area contributed by atoms with Crippen molar-refractivity contribution in [1.82, 2.24) is 15.2 Å². The summed E-state index contributed by atoms with van der Waals surface area (Å²) in [5, 5.41) is 19.9. The minimum absolute atomic E-state index is 0.00974. The van der Waals surface area contributed by atoms with Gasteiger partial charge in [0.25, 0.3) is 0 Å². The number of nitrogens with one attached hydrogen (secondary N) is 1. The van der Waals surface area contributed by atoms with Gasteiger partial charge in [-0.25, -0.2) is 0 Å². The van der Waals surface area contributed by atoms with Gasteiger partial charge in [0.2, 0.25) is 5.91 Å². The maximum Gasteiger partial charge on any atom is 0.240 e. The number of ketones is 1. The predicted octanol–water partition coefficient (Wildman–Crippen LogP) is 0.352. The van der Waals surface area contributed by atoms with Crippen LogP contribution in [-0.4, -0.2) is 91.5 Å². The molecule has 156 valence electrons. The molecule has 8 nitrogen and oxygen atoms in total. The number of hydrogen-bond donors (Lipinski definition) is 2. The first kappa shape index (κ1) is 23.5. The van der Waals surface area contributed by atoms with Gasteiger partial charge in [0, 0.05) is 6.21 Å². The molecule has 1 aliphatic heterocycles. The quantitative estimate of drug-likeness (QED) is 0.528. The maximum absolute atomic E-state index is 12.8. The molecule has 0 spiro atoms. The second-order valence-electron chi connectivity index (χ2n) is 7.82. The highest BCUT2D eigenvalue weighted by Crippen LogP contribution is 2.15. The smallest absolute Gasteiger partial charge is 0.240 e. The molecule has 0 aromatic rings. The zero-order valence-electron chi connectivity index (χ0n) is 17.5. The van der Waals surface area contributed by atoms with Gasteiger partial charge in [0.05, 0.1) is 38.4 Å². The first-order valence-corrected chi connectivity index (χ1v) is 9.65. The Hall–Kier alpha value is -1.51. The lowest BCUT2D eigenvalue weighted by atomic mass is 9.93. The van der Waals surface area contributed by atoms with Crippen molar-refractivity contribution in [2.45, 2.75) is 52.3 Å². The van der Waals surface area contributed by atoms with E-state index in [-0.39, 0.29) is 23.5 Å². The van der Waals surface area contributed by atoms with Gasteiger partial charge in [0.15, 0.2) is 5.78 Å². The van der Waals surface area contributed by atoms with Crippen LogP contribution in [0.3, 0.4) is 0 Å². The molecule has 1 amide bonds. The molecule has 4 atom stereocenters. The van der Waals surface area contributed by atoms with Crippen LogP contribution in [0.1, 0.15) is 34.1 Å². The minimum Gasteiger partial charge on any atom is -0.391 e. The third-order valence-electron chi connectivity index (χ3n) is 4.84. The van der Waals surface area contributed by atoms with Crippen molar-refractivity contribution in [2.75, 3.05) is 40.4 Å². The SMILES string of the molecule is CC(=O)[C@H](NC(=O)[C@@H]([C@H](O)[C@H](C)C/C=N/N1CCOCC1)N(C)C)C(C)C. The number of Topliss-reactive ketones (excluding diaryl/α,β-unsaturated/α-hetero) is 1. The van der Waals surface area contributed by atoms with E-state index in [0.717, 1.165) is 13.1 Å². The Morgan fingerprint density at radius 2 is 1.85 bits per heavy atom. The van der Waals surface area contributed by atoms with E-state index in [1.807, 2.05) is 25.8 Å². The summed E-state index contributed by atoms with van der Waals surface area (Å²) in [5.41, 5.74) is 0. The molecule has 27 heavy (non-hydrogen) atoms. The summed E-state index contributed by atoms with van der Waals surface area (Å²) in [6.07, 6.45) is 1.46. The third-order valence-corrected chi connectivity index (χ3v) is 4.84. The molecule has 1 saturated heterocycles. The van der Waals surface area contributed by atoms with Crippen LogP contribution in [0.5, 0.6) is 0 Å². The van der Waals surface area contributed by atoms with Crippen molar-refractivity contribution in [3.05, 3.63) is 0 Å². The molecule has 2 N–H and O–H groups in total. The lowest BCUT2D eigenvalue weighted by Gasteiger charge is -2.33. The highest BCUT2D eigenvalue weighted by Gasteiger charge is 2.34. The number of carbonyl (C=O) groups excluding carboxylic acids is 2. The number of rotatable bonds is 10. The normalized spacial score (nSPS) is 20.0. The molecule has 0 aliphatic carbocycles. The van der Waals surface area contributed by atoms with Crippen LogP contribution in [-0.2, 0) is 14.3 Å². The summed E-state index contributed by atoms with van der Waals surface area (Å²) in [6, 6.07) is -1.29. The Kier molecular flexibility index (Phi) is 9.90. The fraction of sp³-hybridized carbons (Fsp3) is 0.842. The van der Waals surface area contributed by atoms with E-state index in [4.69, 9.17) is 4.74 Å². The Morgan fingerprint density at radius 1 is 1.26 bits per heavy atom. The highest BCUT2D eigenvalue weighted by molar-refractivity contribution is 5.90. The maximum atomic E-state index is 12.8. The van der Waals surface area contributed by atoms with Crippen molar-refractivity contribution in [3.8, 4) is 0 Å². The van der Waals surface area contributed by atoms with Crippen LogP contribution in [0.25, 0.3) is 0 Å². The molecule has 0 unspecified atom stereocenters. The van der Waals surface area contributed by atoms with Gasteiger partial charge in [-0.1, -0.05) is 20.8 Å². The summed E-state index contributed by atoms with van der Waals surface area (Å²) < 4.78 is 5.29. The van der Waals surface area contributed by atoms with E-state index in [1.54, 1.807) is 25.2 Å². The number of likely N-dealkylation sites (N-methyl/N-ethyl adjacent to an activating group) is 1. The molecule has 8 heteroatoms. The first-order valence-electron chi connectivity index (χ1n) is 9.65. The van der Waals surface area contributed by atoms with E-state index in [0.29, 0.717) is 19.6 Å². The second kappa shape index (κ2) is 11.4. The topological polar surface area (TPSA) is 94.5 Å². The molecular formula is C19H36N4O4. The number of nitrogens with zero attached hydrogens (tertiary/aromatic N) is 3. The molecule has 1 rings (SSSR count). The number of ether oxygens (including phenoxy) is 1. The highest BCUT2D eigenvalue weighted by atomic mass is 16.5. The second-order valence-corrected chi connectivity index (χ2v) is 7.82. The lowest BCUT2D eigenvalue weighted by molar-refractivity contribution is -0.134. The van der Waals surface area contributed by atoms with Crippen molar-refractivity contribution in [3.63, 3.8) is 0 Å². The largest absolute Gasteiger partial charge is 0.391 e. The Labute approximate surface area is 162 Å². The molecule has 1 aliphatic rings. The monoisotopic (exact) mass is 384 g/mol. The molecule has 0 bridgehead atoms. The number of hydrazone groups is 1. The van der Waals surface area contributed by atoms with E-state index in [2.05, 4.69) is 10.4 Å². The zero-order chi connectivity index (χ0) is 20.6. The van der Waals surface area contributed by atoms with Gasteiger partial charge in [0.1, 0.15) is 6.04 Å². The summed E-state index contributed by atoms with van der Waals surface area (Å²) in [4.78, 5) is 26.2. The summed E-state index contributed by atoms with van der Waals surface area (Å²) >= 11 is 0. The molecular weight excluding hydrogens is 348 g/mol.